The minimum absolute atomic E-state index is 0.115. The molecule has 2 nitrogen and oxygen atoms in total. The number of allylic oxidation sites excluding steroid dienone is 1. The Hall–Kier alpha value is -0.860. The minimum atomic E-state index is -0.831. The first kappa shape index (κ1) is 8.14. The van der Waals surface area contributed by atoms with Crippen molar-refractivity contribution in [2.75, 3.05) is 0 Å². The Morgan fingerprint density at radius 3 is 2.78 bits per heavy atom. The highest BCUT2D eigenvalue weighted by Gasteiger charge is 1.92. The number of halogens is 1. The van der Waals surface area contributed by atoms with Crippen molar-refractivity contribution in [2.24, 2.45) is 0 Å². The number of carbonyl (C=O) groups is 1. The summed E-state index contributed by atoms with van der Waals surface area (Å²) >= 11 is 0. The SMILES string of the molecule is O=C(O)CCC/C=C\F. The van der Waals surface area contributed by atoms with Crippen molar-refractivity contribution < 1.29 is 14.3 Å². The first-order valence-electron chi connectivity index (χ1n) is 2.74. The monoisotopic (exact) mass is 132 g/mol. The van der Waals surface area contributed by atoms with Crippen LogP contribution in [0.15, 0.2) is 12.4 Å². The first-order valence-corrected chi connectivity index (χ1v) is 2.74. The number of carboxylic acids is 1. The maximum absolute atomic E-state index is 11.2. The van der Waals surface area contributed by atoms with E-state index < -0.39 is 5.97 Å². The van der Waals surface area contributed by atoms with E-state index in [9.17, 15) is 9.18 Å². The van der Waals surface area contributed by atoms with Crippen LogP contribution in [0.1, 0.15) is 19.3 Å². The summed E-state index contributed by atoms with van der Waals surface area (Å²) in [6.07, 6.45) is 2.87. The summed E-state index contributed by atoms with van der Waals surface area (Å²) in [5.74, 6) is -0.831. The number of aliphatic carboxylic acids is 1. The molecule has 0 spiro atoms. The molecule has 0 atom stereocenters. The Kier molecular flexibility index (Phi) is 4.78. The molecule has 0 aliphatic heterocycles. The molecule has 9 heavy (non-hydrogen) atoms. The molecule has 0 aliphatic carbocycles. The predicted molar refractivity (Wildman–Crippen MR) is 31.7 cm³/mol. The van der Waals surface area contributed by atoms with Crippen LogP contribution in [0.4, 0.5) is 4.39 Å². The minimum Gasteiger partial charge on any atom is -0.481 e. The van der Waals surface area contributed by atoms with Crippen LogP contribution < -0.4 is 0 Å². The Morgan fingerprint density at radius 1 is 1.67 bits per heavy atom. The van der Waals surface area contributed by atoms with Crippen LogP contribution in [-0.4, -0.2) is 11.1 Å². The third-order valence-electron chi connectivity index (χ3n) is 0.851. The van der Waals surface area contributed by atoms with Crippen LogP contribution in [0.2, 0.25) is 0 Å². The lowest BCUT2D eigenvalue weighted by molar-refractivity contribution is -0.137. The van der Waals surface area contributed by atoms with E-state index in [4.69, 9.17) is 5.11 Å². The lowest BCUT2D eigenvalue weighted by atomic mass is 10.2. The average Bonchev–Trinajstić information content (AvgIpc) is 1.80. The fourth-order valence-electron chi connectivity index (χ4n) is 0.434. The van der Waals surface area contributed by atoms with Gasteiger partial charge in [0.25, 0.3) is 0 Å². The second-order valence-electron chi connectivity index (χ2n) is 1.65. The van der Waals surface area contributed by atoms with Gasteiger partial charge in [-0.25, -0.2) is 4.39 Å². The Balaban J connectivity index is 3.01. The van der Waals surface area contributed by atoms with E-state index in [0.717, 1.165) is 0 Å². The van der Waals surface area contributed by atoms with E-state index in [1.54, 1.807) is 0 Å². The van der Waals surface area contributed by atoms with Gasteiger partial charge in [0.15, 0.2) is 0 Å². The van der Waals surface area contributed by atoms with Gasteiger partial charge in [0.2, 0.25) is 0 Å². The molecule has 0 aromatic carbocycles. The Bertz CT molecular complexity index is 110. The molecule has 0 saturated heterocycles. The summed E-state index contributed by atoms with van der Waals surface area (Å²) in [7, 11) is 0. The van der Waals surface area contributed by atoms with E-state index in [-0.39, 0.29) is 6.42 Å². The predicted octanol–water partition coefficient (Wildman–Crippen LogP) is 1.72. The molecule has 0 unspecified atom stereocenters. The Labute approximate surface area is 53.0 Å². The van der Waals surface area contributed by atoms with Gasteiger partial charge in [-0.05, 0) is 12.8 Å². The number of hydrogen-bond acceptors (Lipinski definition) is 1. The molecule has 52 valence electrons. The molecular weight excluding hydrogens is 123 g/mol. The van der Waals surface area contributed by atoms with Gasteiger partial charge >= 0.3 is 5.97 Å². The van der Waals surface area contributed by atoms with Crippen molar-refractivity contribution in [1.29, 1.82) is 0 Å². The van der Waals surface area contributed by atoms with Gasteiger partial charge in [-0.15, -0.1) is 0 Å². The third kappa shape index (κ3) is 7.14. The summed E-state index contributed by atoms with van der Waals surface area (Å²) in [5.41, 5.74) is 0. The van der Waals surface area contributed by atoms with Crippen LogP contribution >= 0.6 is 0 Å². The van der Waals surface area contributed by atoms with E-state index in [1.807, 2.05) is 0 Å². The smallest absolute Gasteiger partial charge is 0.303 e. The zero-order chi connectivity index (χ0) is 7.11. The van der Waals surface area contributed by atoms with Gasteiger partial charge in [0.05, 0.1) is 6.33 Å². The molecule has 0 heterocycles. The van der Waals surface area contributed by atoms with Crippen LogP contribution in [0, 0.1) is 0 Å². The van der Waals surface area contributed by atoms with Gasteiger partial charge in [0, 0.05) is 6.42 Å². The van der Waals surface area contributed by atoms with Crippen LogP contribution in [0.25, 0.3) is 0 Å². The summed E-state index contributed by atoms with van der Waals surface area (Å²) < 4.78 is 11.2. The van der Waals surface area contributed by atoms with Gasteiger partial charge in [-0.3, -0.25) is 4.79 Å². The molecule has 3 heteroatoms. The van der Waals surface area contributed by atoms with Crippen molar-refractivity contribution in [3.05, 3.63) is 12.4 Å². The molecule has 0 fully saturated rings. The highest BCUT2D eigenvalue weighted by Crippen LogP contribution is 1.95. The molecule has 0 amide bonds. The zero-order valence-corrected chi connectivity index (χ0v) is 5.01. The maximum Gasteiger partial charge on any atom is 0.303 e. The summed E-state index contributed by atoms with van der Waals surface area (Å²) in [6, 6.07) is 0. The summed E-state index contributed by atoms with van der Waals surface area (Å²) in [6.45, 7) is 0. The molecule has 0 radical (unpaired) electrons. The fraction of sp³-hybridized carbons (Fsp3) is 0.500. The summed E-state index contributed by atoms with van der Waals surface area (Å²) in [4.78, 5) is 9.84. The molecule has 0 aliphatic rings. The highest BCUT2D eigenvalue weighted by atomic mass is 19.1. The Morgan fingerprint density at radius 2 is 2.33 bits per heavy atom. The standard InChI is InChI=1S/C6H9FO2/c7-5-3-1-2-4-6(8)9/h3,5H,1-2,4H2,(H,8,9)/b5-3-. The van der Waals surface area contributed by atoms with E-state index in [1.165, 1.54) is 6.08 Å². The zero-order valence-electron chi connectivity index (χ0n) is 5.01. The van der Waals surface area contributed by atoms with Crippen molar-refractivity contribution in [2.45, 2.75) is 19.3 Å². The molecule has 0 saturated carbocycles. The largest absolute Gasteiger partial charge is 0.481 e. The van der Waals surface area contributed by atoms with E-state index in [2.05, 4.69) is 0 Å². The lowest BCUT2D eigenvalue weighted by Gasteiger charge is -1.87. The topological polar surface area (TPSA) is 37.3 Å². The molecule has 0 rings (SSSR count). The molecule has 0 aromatic heterocycles. The quantitative estimate of drug-likeness (QED) is 0.591. The number of rotatable bonds is 4. The van der Waals surface area contributed by atoms with Crippen molar-refractivity contribution >= 4 is 5.97 Å². The average molecular weight is 132 g/mol. The van der Waals surface area contributed by atoms with Crippen LogP contribution in [0.3, 0.4) is 0 Å². The van der Waals surface area contributed by atoms with Crippen LogP contribution in [-0.2, 0) is 4.79 Å². The third-order valence-corrected chi connectivity index (χ3v) is 0.851. The molecule has 0 aromatic rings. The fourth-order valence-corrected chi connectivity index (χ4v) is 0.434. The van der Waals surface area contributed by atoms with E-state index >= 15 is 0 Å². The van der Waals surface area contributed by atoms with Gasteiger partial charge in [-0.2, -0.15) is 0 Å². The second-order valence-corrected chi connectivity index (χ2v) is 1.65. The van der Waals surface area contributed by atoms with Gasteiger partial charge in [0.1, 0.15) is 0 Å². The van der Waals surface area contributed by atoms with E-state index in [0.29, 0.717) is 19.2 Å². The first-order chi connectivity index (χ1) is 4.27. The summed E-state index contributed by atoms with van der Waals surface area (Å²) in [5, 5.41) is 8.09. The van der Waals surface area contributed by atoms with Gasteiger partial charge in [-0.1, -0.05) is 6.08 Å². The van der Waals surface area contributed by atoms with Crippen LogP contribution in [0.5, 0.6) is 0 Å². The molecule has 0 bridgehead atoms. The molecule has 1 N–H and O–H groups in total. The normalized spacial score (nSPS) is 10.3. The van der Waals surface area contributed by atoms with Crippen molar-refractivity contribution in [3.63, 3.8) is 0 Å². The lowest BCUT2D eigenvalue weighted by Crippen LogP contribution is -1.92. The van der Waals surface area contributed by atoms with Crippen molar-refractivity contribution in [3.8, 4) is 0 Å². The highest BCUT2D eigenvalue weighted by molar-refractivity contribution is 5.66. The number of unbranched alkanes of at least 4 members (excludes halogenated alkanes) is 1. The van der Waals surface area contributed by atoms with Crippen molar-refractivity contribution in [1.82, 2.24) is 0 Å². The second kappa shape index (κ2) is 5.28. The number of carboxylic acid groups (broad SMARTS) is 1. The molecular formula is C6H9FO2. The maximum atomic E-state index is 11.2. The van der Waals surface area contributed by atoms with Gasteiger partial charge < -0.3 is 5.11 Å². The number of hydrogen-bond donors (Lipinski definition) is 1.